The molecule has 184 valence electrons. The number of carbonyl (C=O) groups excluding carboxylic acids is 2. The molecule has 1 N–H and O–H groups in total. The van der Waals surface area contributed by atoms with Crippen molar-refractivity contribution in [1.82, 2.24) is 10.2 Å². The number of benzene rings is 1. The van der Waals surface area contributed by atoms with Crippen LogP contribution in [0.4, 0.5) is 23.7 Å². The zero-order valence-corrected chi connectivity index (χ0v) is 19.3. The summed E-state index contributed by atoms with van der Waals surface area (Å²) in [7, 11) is 0. The number of hydrogen-bond acceptors (Lipinski definition) is 5. The minimum Gasteiger partial charge on any atom is -0.444 e. The van der Waals surface area contributed by atoms with E-state index < -0.39 is 35.4 Å². The molecule has 2 amide bonds. The zero-order chi connectivity index (χ0) is 24.2. The molecule has 1 atom stereocenters. The fraction of sp³-hybridized carbons (Fsp3) is 0.652. The Hall–Kier alpha value is -2.49. The van der Waals surface area contributed by atoms with E-state index in [0.29, 0.717) is 45.0 Å². The third kappa shape index (κ3) is 6.75. The highest BCUT2D eigenvalue weighted by Crippen LogP contribution is 2.35. The normalized spacial score (nSPS) is 19.9. The maximum absolute atomic E-state index is 13.8. The van der Waals surface area contributed by atoms with Crippen molar-refractivity contribution in [1.29, 1.82) is 0 Å². The Balaban J connectivity index is 1.72. The largest absolute Gasteiger partial charge is 0.444 e. The van der Waals surface area contributed by atoms with E-state index in [0.717, 1.165) is 18.9 Å². The van der Waals surface area contributed by atoms with Gasteiger partial charge in [0.25, 0.3) is 0 Å². The molecule has 7 nitrogen and oxygen atoms in total. The number of alkyl halides is 3. The van der Waals surface area contributed by atoms with Crippen molar-refractivity contribution in [2.24, 2.45) is 0 Å². The third-order valence-corrected chi connectivity index (χ3v) is 5.66. The van der Waals surface area contributed by atoms with Crippen LogP contribution in [0.25, 0.3) is 0 Å². The Morgan fingerprint density at radius 2 is 1.82 bits per heavy atom. The fourth-order valence-corrected chi connectivity index (χ4v) is 4.04. The van der Waals surface area contributed by atoms with Crippen LogP contribution >= 0.6 is 0 Å². The van der Waals surface area contributed by atoms with Gasteiger partial charge in [-0.2, -0.15) is 13.2 Å². The highest BCUT2D eigenvalue weighted by molar-refractivity contribution is 5.86. The van der Waals surface area contributed by atoms with Crippen molar-refractivity contribution in [2.75, 3.05) is 37.7 Å². The van der Waals surface area contributed by atoms with Gasteiger partial charge in [-0.1, -0.05) is 6.07 Å². The summed E-state index contributed by atoms with van der Waals surface area (Å²) >= 11 is 0. The number of ether oxygens (including phenoxy) is 2. The number of halogens is 3. The molecule has 0 saturated carbocycles. The van der Waals surface area contributed by atoms with Crippen LogP contribution in [0.2, 0.25) is 0 Å². The number of nitrogens with zero attached hydrogens (tertiary/aromatic N) is 2. The average Bonchev–Trinajstić information content (AvgIpc) is 2.76. The van der Waals surface area contributed by atoms with Crippen LogP contribution in [0.3, 0.4) is 0 Å². The number of nitrogens with one attached hydrogen (secondary N) is 1. The molecule has 2 saturated heterocycles. The first-order valence-electron chi connectivity index (χ1n) is 11.3. The topological polar surface area (TPSA) is 71.1 Å². The summed E-state index contributed by atoms with van der Waals surface area (Å²) in [5, 5.41) is 2.61. The van der Waals surface area contributed by atoms with E-state index in [1.165, 1.54) is 11.0 Å². The molecule has 1 aromatic rings. The minimum atomic E-state index is -4.56. The lowest BCUT2D eigenvalue weighted by atomic mass is 10.0. The molecule has 0 radical (unpaired) electrons. The lowest BCUT2D eigenvalue weighted by molar-refractivity contribution is -0.138. The van der Waals surface area contributed by atoms with Crippen LogP contribution in [0.5, 0.6) is 0 Å². The number of hydrogen-bond donors (Lipinski definition) is 1. The van der Waals surface area contributed by atoms with E-state index in [-0.39, 0.29) is 12.1 Å². The summed E-state index contributed by atoms with van der Waals surface area (Å²) < 4.78 is 52.0. The molecule has 0 aromatic heterocycles. The lowest BCUT2D eigenvalue weighted by Crippen LogP contribution is -2.53. The van der Waals surface area contributed by atoms with Crippen LogP contribution in [-0.4, -0.2) is 61.4 Å². The minimum absolute atomic E-state index is 0.0208. The van der Waals surface area contributed by atoms with Gasteiger partial charge < -0.3 is 19.7 Å². The Kier molecular flexibility index (Phi) is 7.76. The first-order chi connectivity index (χ1) is 15.5. The van der Waals surface area contributed by atoms with Crippen molar-refractivity contribution in [3.05, 3.63) is 29.3 Å². The Bertz CT molecular complexity index is 848. The summed E-state index contributed by atoms with van der Waals surface area (Å²) in [6.45, 7) is 7.29. The van der Waals surface area contributed by atoms with Gasteiger partial charge in [0.1, 0.15) is 11.6 Å². The second-order valence-corrected chi connectivity index (χ2v) is 9.34. The molecule has 2 fully saturated rings. The molecule has 2 heterocycles. The van der Waals surface area contributed by atoms with Crippen LogP contribution < -0.4 is 10.2 Å². The monoisotopic (exact) mass is 471 g/mol. The Morgan fingerprint density at radius 3 is 2.45 bits per heavy atom. The van der Waals surface area contributed by atoms with E-state index in [1.807, 2.05) is 4.90 Å². The van der Waals surface area contributed by atoms with Gasteiger partial charge in [-0.3, -0.25) is 9.69 Å². The Morgan fingerprint density at radius 1 is 1.12 bits per heavy atom. The molecule has 10 heteroatoms. The van der Waals surface area contributed by atoms with Gasteiger partial charge in [0.15, 0.2) is 0 Å². The summed E-state index contributed by atoms with van der Waals surface area (Å²) in [6, 6.07) is 3.40. The predicted molar refractivity (Wildman–Crippen MR) is 117 cm³/mol. The van der Waals surface area contributed by atoms with Crippen molar-refractivity contribution < 1.29 is 32.2 Å². The van der Waals surface area contributed by atoms with Gasteiger partial charge in [0, 0.05) is 31.9 Å². The summed E-state index contributed by atoms with van der Waals surface area (Å²) in [6.07, 6.45) is -3.22. The van der Waals surface area contributed by atoms with Gasteiger partial charge in [-0.15, -0.1) is 0 Å². The molecule has 3 rings (SSSR count). The smallest absolute Gasteiger partial charge is 0.416 e. The van der Waals surface area contributed by atoms with E-state index in [4.69, 9.17) is 9.47 Å². The van der Waals surface area contributed by atoms with E-state index in [1.54, 1.807) is 26.8 Å². The Labute approximate surface area is 192 Å². The van der Waals surface area contributed by atoms with Gasteiger partial charge >= 0.3 is 12.3 Å². The maximum Gasteiger partial charge on any atom is 0.416 e. The van der Waals surface area contributed by atoms with Crippen LogP contribution in [-0.2, 0) is 27.0 Å². The molecular weight excluding hydrogens is 439 g/mol. The number of likely N-dealkylation sites (tertiary alicyclic amines) is 1. The number of carbonyl (C=O) groups is 2. The van der Waals surface area contributed by atoms with Crippen LogP contribution in [0, 0.1) is 0 Å². The predicted octanol–water partition coefficient (Wildman–Crippen LogP) is 3.95. The second kappa shape index (κ2) is 10.2. The summed E-state index contributed by atoms with van der Waals surface area (Å²) in [4.78, 5) is 28.6. The van der Waals surface area contributed by atoms with E-state index in [2.05, 4.69) is 5.32 Å². The second-order valence-electron chi connectivity index (χ2n) is 9.34. The third-order valence-electron chi connectivity index (χ3n) is 5.66. The quantitative estimate of drug-likeness (QED) is 0.720. The molecule has 2 aliphatic rings. The number of amides is 2. The summed E-state index contributed by atoms with van der Waals surface area (Å²) in [5.74, 6) is -0.481. The van der Waals surface area contributed by atoms with Crippen LogP contribution in [0.1, 0.15) is 51.2 Å². The highest BCUT2D eigenvalue weighted by Gasteiger charge is 2.36. The zero-order valence-electron chi connectivity index (χ0n) is 19.3. The molecule has 2 aliphatic heterocycles. The summed E-state index contributed by atoms with van der Waals surface area (Å²) in [5.41, 5.74) is -1.03. The number of rotatable bonds is 4. The maximum atomic E-state index is 13.8. The molecule has 0 bridgehead atoms. The molecule has 1 aromatic carbocycles. The number of anilines is 1. The van der Waals surface area contributed by atoms with Gasteiger partial charge in [-0.05, 0) is 57.7 Å². The molecule has 1 unspecified atom stereocenters. The van der Waals surface area contributed by atoms with Gasteiger partial charge in [0.2, 0.25) is 5.91 Å². The molecule has 33 heavy (non-hydrogen) atoms. The van der Waals surface area contributed by atoms with Crippen LogP contribution in [0.15, 0.2) is 18.2 Å². The average molecular weight is 472 g/mol. The lowest BCUT2D eigenvalue weighted by Gasteiger charge is -2.35. The highest BCUT2D eigenvalue weighted by atomic mass is 19.4. The standard InChI is InChI=1S/C23H32F3N3O4/c1-22(2,3)33-21(31)29-9-5-4-6-19(29)20(30)27-15-16-7-8-17(14-18(16)23(24,25)26)28-10-12-32-13-11-28/h7-8,14,19H,4-6,9-13,15H2,1-3H3,(H,27,30). The van der Waals surface area contributed by atoms with E-state index >= 15 is 0 Å². The van der Waals surface area contributed by atoms with Gasteiger partial charge in [-0.25, -0.2) is 4.79 Å². The molecule has 0 spiro atoms. The van der Waals surface area contributed by atoms with Crippen molar-refractivity contribution in [3.63, 3.8) is 0 Å². The molecule has 0 aliphatic carbocycles. The van der Waals surface area contributed by atoms with Crippen molar-refractivity contribution in [3.8, 4) is 0 Å². The van der Waals surface area contributed by atoms with Gasteiger partial charge in [0.05, 0.1) is 18.8 Å². The SMILES string of the molecule is CC(C)(C)OC(=O)N1CCCCC1C(=O)NCc1ccc(N2CCOCC2)cc1C(F)(F)F. The first-order valence-corrected chi connectivity index (χ1v) is 11.3. The molecular formula is C23H32F3N3O4. The number of piperidine rings is 1. The van der Waals surface area contributed by atoms with Crippen molar-refractivity contribution >= 4 is 17.7 Å². The fourth-order valence-electron chi connectivity index (χ4n) is 4.04. The first kappa shape index (κ1) is 25.1. The number of morpholine rings is 1. The van der Waals surface area contributed by atoms with Crippen molar-refractivity contribution in [2.45, 2.75) is 64.4 Å². The van der Waals surface area contributed by atoms with E-state index in [9.17, 15) is 22.8 Å².